The molecule has 1 saturated heterocycles. The first-order valence-corrected chi connectivity index (χ1v) is 10.0. The molecule has 5 nitrogen and oxygen atoms in total. The zero-order valence-electron chi connectivity index (χ0n) is 16.8. The molecule has 1 aliphatic rings. The number of nitrogens with one attached hydrogen (secondary N) is 2. The Bertz CT molecular complexity index is 802. The smallest absolute Gasteiger partial charge is 0.253 e. The van der Waals surface area contributed by atoms with Crippen LogP contribution in [0, 0.1) is 13.8 Å². The van der Waals surface area contributed by atoms with Crippen molar-refractivity contribution in [1.29, 1.82) is 0 Å². The Morgan fingerprint density at radius 1 is 0.893 bits per heavy atom. The third-order valence-electron chi connectivity index (χ3n) is 5.22. The van der Waals surface area contributed by atoms with Crippen LogP contribution < -0.4 is 10.6 Å². The zero-order chi connectivity index (χ0) is 19.9. The first-order chi connectivity index (χ1) is 13.5. The van der Waals surface area contributed by atoms with Crippen molar-refractivity contribution in [3.05, 3.63) is 59.2 Å². The standard InChI is InChI=1S/C23H29N3O2/c1-17-8-7-9-18(2)22(17)24-16-21(27)25-20-12-10-19(11-13-20)23(28)26-14-5-3-4-6-15-26/h7-13,24H,3-6,14-16H2,1-2H3,(H,25,27). The van der Waals surface area contributed by atoms with Gasteiger partial charge in [-0.1, -0.05) is 31.0 Å². The molecule has 0 radical (unpaired) electrons. The lowest BCUT2D eigenvalue weighted by Crippen LogP contribution is -2.31. The number of hydrogen-bond donors (Lipinski definition) is 2. The molecule has 28 heavy (non-hydrogen) atoms. The van der Waals surface area contributed by atoms with Crippen molar-refractivity contribution >= 4 is 23.2 Å². The lowest BCUT2D eigenvalue weighted by Gasteiger charge is -2.20. The number of carbonyl (C=O) groups is 2. The molecular formula is C23H29N3O2. The van der Waals surface area contributed by atoms with Gasteiger partial charge in [0.2, 0.25) is 5.91 Å². The van der Waals surface area contributed by atoms with Crippen molar-refractivity contribution in [3.63, 3.8) is 0 Å². The van der Waals surface area contributed by atoms with Gasteiger partial charge in [-0.05, 0) is 62.1 Å². The summed E-state index contributed by atoms with van der Waals surface area (Å²) in [6.07, 6.45) is 4.55. The maximum atomic E-state index is 12.6. The minimum absolute atomic E-state index is 0.0801. The van der Waals surface area contributed by atoms with E-state index in [9.17, 15) is 9.59 Å². The van der Waals surface area contributed by atoms with Crippen LogP contribution in [0.4, 0.5) is 11.4 Å². The second-order valence-corrected chi connectivity index (χ2v) is 7.45. The third kappa shape index (κ3) is 5.12. The van der Waals surface area contributed by atoms with Crippen molar-refractivity contribution in [3.8, 4) is 0 Å². The van der Waals surface area contributed by atoms with Crippen molar-refractivity contribution in [2.24, 2.45) is 0 Å². The summed E-state index contributed by atoms with van der Waals surface area (Å²) in [5, 5.41) is 6.09. The molecule has 2 aromatic carbocycles. The van der Waals surface area contributed by atoms with E-state index < -0.39 is 0 Å². The minimum atomic E-state index is -0.116. The highest BCUT2D eigenvalue weighted by Gasteiger charge is 2.17. The van der Waals surface area contributed by atoms with Crippen LogP contribution in [0.2, 0.25) is 0 Å². The summed E-state index contributed by atoms with van der Waals surface area (Å²) < 4.78 is 0. The van der Waals surface area contributed by atoms with E-state index in [1.165, 1.54) is 12.8 Å². The summed E-state index contributed by atoms with van der Waals surface area (Å²) in [7, 11) is 0. The summed E-state index contributed by atoms with van der Waals surface area (Å²) in [6, 6.07) is 13.2. The number of likely N-dealkylation sites (tertiary alicyclic amines) is 1. The monoisotopic (exact) mass is 379 g/mol. The summed E-state index contributed by atoms with van der Waals surface area (Å²) in [5.41, 5.74) is 4.60. The van der Waals surface area contributed by atoms with Crippen LogP contribution in [-0.4, -0.2) is 36.3 Å². The molecule has 5 heteroatoms. The van der Waals surface area contributed by atoms with E-state index in [4.69, 9.17) is 0 Å². The number of anilines is 2. The number of aryl methyl sites for hydroxylation is 2. The first kappa shape index (κ1) is 19.9. The van der Waals surface area contributed by atoms with Crippen LogP contribution in [0.15, 0.2) is 42.5 Å². The Kier molecular flexibility index (Phi) is 6.69. The third-order valence-corrected chi connectivity index (χ3v) is 5.22. The van der Waals surface area contributed by atoms with Crippen LogP contribution in [0.25, 0.3) is 0 Å². The highest BCUT2D eigenvalue weighted by molar-refractivity contribution is 5.96. The summed E-state index contributed by atoms with van der Waals surface area (Å²) in [4.78, 5) is 26.8. The molecule has 0 atom stereocenters. The number of para-hydroxylation sites is 1. The van der Waals surface area contributed by atoms with Gasteiger partial charge in [0.25, 0.3) is 5.91 Å². The highest BCUT2D eigenvalue weighted by atomic mass is 16.2. The molecule has 2 aromatic rings. The molecule has 1 fully saturated rings. The van der Waals surface area contributed by atoms with Crippen molar-refractivity contribution in [1.82, 2.24) is 4.90 Å². The SMILES string of the molecule is Cc1cccc(C)c1NCC(=O)Nc1ccc(C(=O)N2CCCCCC2)cc1. The van der Waals surface area contributed by atoms with Crippen molar-refractivity contribution < 1.29 is 9.59 Å². The van der Waals surface area contributed by atoms with Gasteiger partial charge in [0.1, 0.15) is 0 Å². The van der Waals surface area contributed by atoms with Crippen LogP contribution in [0.3, 0.4) is 0 Å². The molecular weight excluding hydrogens is 350 g/mol. The van der Waals surface area contributed by atoms with Crippen molar-refractivity contribution in [2.45, 2.75) is 39.5 Å². The van der Waals surface area contributed by atoms with E-state index in [1.54, 1.807) is 24.3 Å². The predicted octanol–water partition coefficient (Wildman–Crippen LogP) is 4.37. The fourth-order valence-corrected chi connectivity index (χ4v) is 3.62. The number of carbonyl (C=O) groups excluding carboxylic acids is 2. The Labute approximate surface area is 167 Å². The lowest BCUT2D eigenvalue weighted by atomic mass is 10.1. The average molecular weight is 380 g/mol. The Morgan fingerprint density at radius 3 is 2.11 bits per heavy atom. The Balaban J connectivity index is 1.55. The fourth-order valence-electron chi connectivity index (χ4n) is 3.62. The molecule has 3 rings (SSSR count). The molecule has 148 valence electrons. The summed E-state index contributed by atoms with van der Waals surface area (Å²) in [6.45, 7) is 5.91. The van der Waals surface area contributed by atoms with Crippen LogP contribution in [0.5, 0.6) is 0 Å². The van der Waals surface area contributed by atoms with E-state index >= 15 is 0 Å². The molecule has 0 aromatic heterocycles. The molecule has 0 aliphatic carbocycles. The van der Waals surface area contributed by atoms with Crippen LogP contribution in [0.1, 0.15) is 47.2 Å². The van der Waals surface area contributed by atoms with E-state index in [2.05, 4.69) is 10.6 Å². The van der Waals surface area contributed by atoms with Gasteiger partial charge in [0.05, 0.1) is 6.54 Å². The average Bonchev–Trinajstić information content (AvgIpc) is 2.97. The van der Waals surface area contributed by atoms with Gasteiger partial charge in [-0.2, -0.15) is 0 Å². The zero-order valence-corrected chi connectivity index (χ0v) is 16.8. The van der Waals surface area contributed by atoms with Crippen LogP contribution in [-0.2, 0) is 4.79 Å². The van der Waals surface area contributed by atoms with Gasteiger partial charge < -0.3 is 15.5 Å². The Hall–Kier alpha value is -2.82. The maximum Gasteiger partial charge on any atom is 0.253 e. The molecule has 2 amide bonds. The van der Waals surface area contributed by atoms with E-state index in [-0.39, 0.29) is 18.4 Å². The topological polar surface area (TPSA) is 61.4 Å². The molecule has 0 bridgehead atoms. The molecule has 0 unspecified atom stereocenters. The molecule has 0 saturated carbocycles. The molecule has 1 aliphatic heterocycles. The van der Waals surface area contributed by atoms with Crippen molar-refractivity contribution in [2.75, 3.05) is 30.3 Å². The van der Waals surface area contributed by atoms with Gasteiger partial charge in [-0.15, -0.1) is 0 Å². The van der Waals surface area contributed by atoms with Gasteiger partial charge >= 0.3 is 0 Å². The fraction of sp³-hybridized carbons (Fsp3) is 0.391. The summed E-state index contributed by atoms with van der Waals surface area (Å²) >= 11 is 0. The van der Waals surface area contributed by atoms with Gasteiger partial charge in [-0.3, -0.25) is 9.59 Å². The predicted molar refractivity (Wildman–Crippen MR) is 114 cm³/mol. The van der Waals surface area contributed by atoms with Gasteiger partial charge in [-0.25, -0.2) is 0 Å². The lowest BCUT2D eigenvalue weighted by molar-refractivity contribution is -0.114. The molecule has 0 spiro atoms. The van der Waals surface area contributed by atoms with E-state index in [1.807, 2.05) is 36.9 Å². The van der Waals surface area contributed by atoms with E-state index in [0.717, 1.165) is 42.7 Å². The number of benzene rings is 2. The van der Waals surface area contributed by atoms with E-state index in [0.29, 0.717) is 11.3 Å². The Morgan fingerprint density at radius 2 is 1.50 bits per heavy atom. The molecule has 2 N–H and O–H groups in total. The largest absolute Gasteiger partial charge is 0.376 e. The number of rotatable bonds is 5. The highest BCUT2D eigenvalue weighted by Crippen LogP contribution is 2.19. The second-order valence-electron chi connectivity index (χ2n) is 7.45. The van der Waals surface area contributed by atoms with Crippen LogP contribution >= 0.6 is 0 Å². The second kappa shape index (κ2) is 9.40. The van der Waals surface area contributed by atoms with Gasteiger partial charge in [0, 0.05) is 30.0 Å². The molecule has 1 heterocycles. The summed E-state index contributed by atoms with van der Waals surface area (Å²) in [5.74, 6) is -0.0364. The number of amides is 2. The van der Waals surface area contributed by atoms with Gasteiger partial charge in [0.15, 0.2) is 0 Å². The number of hydrogen-bond acceptors (Lipinski definition) is 3. The first-order valence-electron chi connectivity index (χ1n) is 10.0. The normalized spacial score (nSPS) is 14.3. The maximum absolute atomic E-state index is 12.6. The number of nitrogens with zero attached hydrogens (tertiary/aromatic N) is 1. The quantitative estimate of drug-likeness (QED) is 0.811. The minimum Gasteiger partial charge on any atom is -0.376 e.